The van der Waals surface area contributed by atoms with E-state index in [0.717, 1.165) is 16.5 Å². The molecule has 1 aromatic heterocycles. The van der Waals surface area contributed by atoms with E-state index in [0.29, 0.717) is 17.1 Å². The molecule has 0 amide bonds. The number of aromatic nitrogens is 1. The Morgan fingerprint density at radius 1 is 1.29 bits per heavy atom. The lowest BCUT2D eigenvalue weighted by atomic mass is 10.2. The Bertz CT molecular complexity index is 555. The number of aryl methyl sites for hydroxylation is 1. The predicted molar refractivity (Wildman–Crippen MR) is 68.6 cm³/mol. The minimum absolute atomic E-state index is 0.511. The summed E-state index contributed by atoms with van der Waals surface area (Å²) in [5.41, 5.74) is 1.29. The van der Waals surface area contributed by atoms with E-state index in [1.54, 1.807) is 30.5 Å². The summed E-state index contributed by atoms with van der Waals surface area (Å²) in [5.74, 6) is 1.17. The fraction of sp³-hybridized carbons (Fsp3) is 0.0769. The topological polar surface area (TPSA) is 39.2 Å². The highest BCUT2D eigenvalue weighted by molar-refractivity contribution is 9.10. The number of hydrogen-bond donors (Lipinski definition) is 0. The van der Waals surface area contributed by atoms with Crippen LogP contribution in [0.15, 0.2) is 41.0 Å². The van der Waals surface area contributed by atoms with Gasteiger partial charge in [-0.05, 0) is 37.3 Å². The van der Waals surface area contributed by atoms with Crippen LogP contribution in [0.4, 0.5) is 0 Å². The maximum atomic E-state index is 10.9. The number of ether oxygens (including phenoxy) is 1. The summed E-state index contributed by atoms with van der Waals surface area (Å²) in [7, 11) is 0. The molecule has 0 fully saturated rings. The van der Waals surface area contributed by atoms with Crippen LogP contribution in [0, 0.1) is 6.92 Å². The molecular weight excluding hydrogens is 282 g/mol. The lowest BCUT2D eigenvalue weighted by Gasteiger charge is -2.09. The van der Waals surface area contributed by atoms with Crippen molar-refractivity contribution >= 4 is 22.2 Å². The van der Waals surface area contributed by atoms with Gasteiger partial charge in [-0.1, -0.05) is 15.9 Å². The Balaban J connectivity index is 2.39. The maximum Gasteiger partial charge on any atom is 0.153 e. The van der Waals surface area contributed by atoms with Crippen molar-refractivity contribution in [3.8, 4) is 11.5 Å². The Morgan fingerprint density at radius 2 is 2.12 bits per heavy atom. The summed E-state index contributed by atoms with van der Waals surface area (Å²) >= 11 is 3.35. The monoisotopic (exact) mass is 291 g/mol. The van der Waals surface area contributed by atoms with Crippen molar-refractivity contribution < 1.29 is 9.53 Å². The Kier molecular flexibility index (Phi) is 3.54. The van der Waals surface area contributed by atoms with Gasteiger partial charge in [-0.25, -0.2) is 0 Å². The third kappa shape index (κ3) is 2.71. The fourth-order valence-electron chi connectivity index (χ4n) is 1.39. The maximum absolute atomic E-state index is 10.9. The molecule has 2 aromatic rings. The smallest absolute Gasteiger partial charge is 0.153 e. The molecule has 0 aliphatic rings. The summed E-state index contributed by atoms with van der Waals surface area (Å²) in [4.78, 5) is 15.0. The zero-order valence-corrected chi connectivity index (χ0v) is 10.8. The van der Waals surface area contributed by atoms with E-state index in [9.17, 15) is 4.79 Å². The second kappa shape index (κ2) is 5.10. The standard InChI is InChI=1S/C13H10BrNO2/c1-9-12(3-2-6-15-9)17-13-7-11(14)5-4-10(13)8-16/h2-8H,1H3. The molecule has 0 N–H and O–H groups in total. The Labute approximate surface area is 108 Å². The minimum atomic E-state index is 0.511. The summed E-state index contributed by atoms with van der Waals surface area (Å²) in [6, 6.07) is 8.87. The van der Waals surface area contributed by atoms with Gasteiger partial charge in [0.2, 0.25) is 0 Å². The molecule has 4 heteroatoms. The molecule has 0 saturated heterocycles. The largest absolute Gasteiger partial charge is 0.455 e. The third-order valence-corrected chi connectivity index (χ3v) is 2.77. The van der Waals surface area contributed by atoms with Gasteiger partial charge in [-0.2, -0.15) is 0 Å². The van der Waals surface area contributed by atoms with Crippen molar-refractivity contribution in [1.29, 1.82) is 0 Å². The molecule has 0 atom stereocenters. The van der Waals surface area contributed by atoms with Gasteiger partial charge in [-0.3, -0.25) is 9.78 Å². The second-order valence-electron chi connectivity index (χ2n) is 3.49. The van der Waals surface area contributed by atoms with Crippen molar-refractivity contribution in [2.45, 2.75) is 6.92 Å². The first-order valence-electron chi connectivity index (χ1n) is 5.05. The van der Waals surface area contributed by atoms with Crippen LogP contribution in [0.3, 0.4) is 0 Å². The highest BCUT2D eigenvalue weighted by atomic mass is 79.9. The van der Waals surface area contributed by atoms with Crippen LogP contribution in [0.2, 0.25) is 0 Å². The van der Waals surface area contributed by atoms with Crippen LogP contribution in [-0.4, -0.2) is 11.3 Å². The van der Waals surface area contributed by atoms with Crippen LogP contribution in [-0.2, 0) is 0 Å². The van der Waals surface area contributed by atoms with Crippen LogP contribution in [0.5, 0.6) is 11.5 Å². The van der Waals surface area contributed by atoms with Gasteiger partial charge >= 0.3 is 0 Å². The number of aldehydes is 1. The first-order valence-corrected chi connectivity index (χ1v) is 5.84. The Hall–Kier alpha value is -1.68. The summed E-state index contributed by atoms with van der Waals surface area (Å²) in [5, 5.41) is 0. The number of benzene rings is 1. The molecular formula is C13H10BrNO2. The normalized spacial score (nSPS) is 10.0. The molecule has 86 valence electrons. The molecule has 3 nitrogen and oxygen atoms in total. The van der Waals surface area contributed by atoms with Crippen LogP contribution in [0.1, 0.15) is 16.1 Å². The lowest BCUT2D eigenvalue weighted by Crippen LogP contribution is -1.93. The van der Waals surface area contributed by atoms with E-state index < -0.39 is 0 Å². The Morgan fingerprint density at radius 3 is 2.82 bits per heavy atom. The van der Waals surface area contributed by atoms with Gasteiger partial charge in [0.25, 0.3) is 0 Å². The zero-order chi connectivity index (χ0) is 12.3. The van der Waals surface area contributed by atoms with E-state index in [-0.39, 0.29) is 0 Å². The SMILES string of the molecule is Cc1ncccc1Oc1cc(Br)ccc1C=O. The number of pyridine rings is 1. The first kappa shape index (κ1) is 11.8. The van der Waals surface area contributed by atoms with Gasteiger partial charge in [0, 0.05) is 10.7 Å². The van der Waals surface area contributed by atoms with Crippen molar-refractivity contribution in [3.63, 3.8) is 0 Å². The van der Waals surface area contributed by atoms with Crippen molar-refractivity contribution in [3.05, 3.63) is 52.3 Å². The van der Waals surface area contributed by atoms with Gasteiger partial charge < -0.3 is 4.74 Å². The molecule has 1 aromatic carbocycles. The fourth-order valence-corrected chi connectivity index (χ4v) is 1.73. The molecule has 0 saturated carbocycles. The van der Waals surface area contributed by atoms with E-state index in [2.05, 4.69) is 20.9 Å². The van der Waals surface area contributed by atoms with Crippen molar-refractivity contribution in [2.75, 3.05) is 0 Å². The van der Waals surface area contributed by atoms with Gasteiger partial charge in [0.15, 0.2) is 6.29 Å². The average Bonchev–Trinajstić information content (AvgIpc) is 2.32. The van der Waals surface area contributed by atoms with E-state index in [4.69, 9.17) is 4.74 Å². The average molecular weight is 292 g/mol. The molecule has 2 rings (SSSR count). The molecule has 0 spiro atoms. The quantitative estimate of drug-likeness (QED) is 0.809. The van der Waals surface area contributed by atoms with Crippen LogP contribution in [0.25, 0.3) is 0 Å². The number of carbonyl (C=O) groups is 1. The molecule has 17 heavy (non-hydrogen) atoms. The number of rotatable bonds is 3. The van der Waals surface area contributed by atoms with Gasteiger partial charge in [0.05, 0.1) is 11.3 Å². The molecule has 0 unspecified atom stereocenters. The van der Waals surface area contributed by atoms with E-state index in [1.165, 1.54) is 0 Å². The number of nitrogens with zero attached hydrogens (tertiary/aromatic N) is 1. The lowest BCUT2D eigenvalue weighted by molar-refractivity contribution is 0.112. The van der Waals surface area contributed by atoms with Crippen molar-refractivity contribution in [2.24, 2.45) is 0 Å². The number of carbonyl (C=O) groups excluding carboxylic acids is 1. The van der Waals surface area contributed by atoms with Gasteiger partial charge in [0.1, 0.15) is 11.5 Å². The van der Waals surface area contributed by atoms with Crippen molar-refractivity contribution in [1.82, 2.24) is 4.98 Å². The molecule has 0 aliphatic heterocycles. The number of halogens is 1. The zero-order valence-electron chi connectivity index (χ0n) is 9.18. The summed E-state index contributed by atoms with van der Waals surface area (Å²) < 4.78 is 6.55. The van der Waals surface area contributed by atoms with Gasteiger partial charge in [-0.15, -0.1) is 0 Å². The highest BCUT2D eigenvalue weighted by Crippen LogP contribution is 2.28. The number of hydrogen-bond acceptors (Lipinski definition) is 3. The predicted octanol–water partition coefficient (Wildman–Crippen LogP) is 3.76. The summed E-state index contributed by atoms with van der Waals surface area (Å²) in [6.45, 7) is 1.86. The van der Waals surface area contributed by atoms with E-state index in [1.807, 2.05) is 13.0 Å². The molecule has 0 bridgehead atoms. The third-order valence-electron chi connectivity index (χ3n) is 2.28. The second-order valence-corrected chi connectivity index (χ2v) is 4.40. The van der Waals surface area contributed by atoms with Crippen LogP contribution >= 0.6 is 15.9 Å². The molecule has 0 radical (unpaired) electrons. The van der Waals surface area contributed by atoms with Crippen LogP contribution < -0.4 is 4.74 Å². The molecule has 1 heterocycles. The highest BCUT2D eigenvalue weighted by Gasteiger charge is 2.07. The minimum Gasteiger partial charge on any atom is -0.455 e. The first-order chi connectivity index (χ1) is 8.20. The van der Waals surface area contributed by atoms with E-state index >= 15 is 0 Å². The molecule has 0 aliphatic carbocycles. The summed E-state index contributed by atoms with van der Waals surface area (Å²) in [6.07, 6.45) is 2.47.